The summed E-state index contributed by atoms with van der Waals surface area (Å²) in [7, 11) is 0. The van der Waals surface area contributed by atoms with Gasteiger partial charge in [0.25, 0.3) is 0 Å². The highest BCUT2D eigenvalue weighted by Gasteiger charge is 2.53. The fraction of sp³-hybridized carbons (Fsp3) is 0. The van der Waals surface area contributed by atoms with Gasteiger partial charge in [-0.1, -0.05) is 0 Å². The molecule has 0 unspecified atom stereocenters. The molecule has 12 heteroatoms. The van der Waals surface area contributed by atoms with Crippen LogP contribution in [0.4, 0.5) is 0 Å². The molecule has 0 saturated heterocycles. The van der Waals surface area contributed by atoms with Crippen LogP contribution in [0.15, 0.2) is 0 Å². The van der Waals surface area contributed by atoms with E-state index in [1.807, 2.05) is 0 Å². The first kappa shape index (κ1) is 14.8. The van der Waals surface area contributed by atoms with Crippen LogP contribution in [0.2, 0.25) is 0 Å². The molecule has 0 heterocycles. The number of rotatable bonds is 3. The summed E-state index contributed by atoms with van der Waals surface area (Å²) in [6.45, 7) is 0. The summed E-state index contributed by atoms with van der Waals surface area (Å²) in [5.74, 6) is 0. The Labute approximate surface area is 110 Å². The zero-order valence-corrected chi connectivity index (χ0v) is 13.1. The van der Waals surface area contributed by atoms with Crippen LogP contribution in [-0.2, 0) is 0 Å². The van der Waals surface area contributed by atoms with Gasteiger partial charge in [0.15, 0.2) is 0 Å². The van der Waals surface area contributed by atoms with E-state index in [9.17, 15) is 0 Å². The topological polar surface area (TPSA) is 3.24 Å². The average molecular weight is 365 g/mol. The second kappa shape index (κ2) is 5.21. The molecule has 0 atom stereocenters. The van der Waals surface area contributed by atoms with Crippen molar-refractivity contribution in [1.29, 1.82) is 0 Å². The SMILES string of the molecule is ClB(Cl)N([Si](Cl)(Cl)Cl)[Si](Cl)(Cl)Cl. The van der Waals surface area contributed by atoms with Gasteiger partial charge in [0.05, 0.1) is 0 Å². The van der Waals surface area contributed by atoms with Crippen molar-refractivity contribution in [2.75, 3.05) is 0 Å². The molecule has 0 N–H and O–H groups in total. The van der Waals surface area contributed by atoms with Crippen LogP contribution in [0.3, 0.4) is 0 Å². The minimum atomic E-state index is -3.33. The van der Waals surface area contributed by atoms with Gasteiger partial charge >= 0.3 is 18.0 Å². The van der Waals surface area contributed by atoms with Gasteiger partial charge in [-0.25, -0.2) is 0 Å². The van der Waals surface area contributed by atoms with Crippen molar-refractivity contribution in [3.05, 3.63) is 0 Å². The molecule has 0 aliphatic carbocycles. The molecule has 0 aromatic carbocycles. The molecule has 0 amide bonds. The first-order valence-corrected chi connectivity index (χ1v) is 13.1. The van der Waals surface area contributed by atoms with Crippen LogP contribution in [0.25, 0.3) is 0 Å². The number of hydrogen-bond donors (Lipinski definition) is 0. The Morgan fingerprint density at radius 3 is 1.00 bits per heavy atom. The molecule has 0 aliphatic rings. The Balaban J connectivity index is 4.70. The first-order chi connectivity index (χ1) is 5.07. The summed E-state index contributed by atoms with van der Waals surface area (Å²) in [6, 6.07) is 0. The lowest BCUT2D eigenvalue weighted by atomic mass is 10.4. The van der Waals surface area contributed by atoms with Gasteiger partial charge in [0.1, 0.15) is 0 Å². The molecule has 12 heavy (non-hydrogen) atoms. The van der Waals surface area contributed by atoms with Crippen molar-refractivity contribution in [2.24, 2.45) is 0 Å². The highest BCUT2D eigenvalue weighted by atomic mass is 35.9. The Morgan fingerprint density at radius 2 is 1.00 bits per heavy atom. The molecule has 0 aromatic rings. The van der Waals surface area contributed by atoms with E-state index in [1.54, 1.807) is 0 Å². The highest BCUT2D eigenvalue weighted by Crippen LogP contribution is 2.38. The predicted molar refractivity (Wildman–Crippen MR) is 65.9 cm³/mol. The minimum Gasteiger partial charge on any atom is -0.286 e. The predicted octanol–water partition coefficient (Wildman–Crippen LogP) is 4.05. The molecule has 0 rings (SSSR count). The van der Waals surface area contributed by atoms with Gasteiger partial charge in [-0.2, -0.15) is 22.9 Å². The van der Waals surface area contributed by atoms with Crippen molar-refractivity contribution in [3.63, 3.8) is 0 Å². The zero-order valence-electron chi connectivity index (χ0n) is 5.05. The van der Waals surface area contributed by atoms with Crippen molar-refractivity contribution in [1.82, 2.24) is 4.14 Å². The fourth-order valence-corrected chi connectivity index (χ4v) is 17.6. The minimum absolute atomic E-state index is 0.943. The third-order valence-corrected chi connectivity index (χ3v) is 11.2. The average Bonchev–Trinajstić information content (AvgIpc) is 1.49. The largest absolute Gasteiger partial charge is 0.426 e. The second-order valence-electron chi connectivity index (χ2n) is 1.58. The van der Waals surface area contributed by atoms with E-state index >= 15 is 0 Å². The lowest BCUT2D eigenvalue weighted by Gasteiger charge is -2.31. The standard InChI is InChI=1S/BCl8NSi2/c2-1(3)10(11(4,5)6)12(7,8)9. The molecule has 0 spiro atoms. The number of halogens is 8. The molecule has 72 valence electrons. The zero-order chi connectivity index (χ0) is 10.2. The third-order valence-electron chi connectivity index (χ3n) is 0.741. The van der Waals surface area contributed by atoms with Crippen LogP contribution in [0, 0.1) is 0 Å². The van der Waals surface area contributed by atoms with Crippen LogP contribution >= 0.6 is 89.4 Å². The lowest BCUT2D eigenvalue weighted by Crippen LogP contribution is -2.56. The van der Waals surface area contributed by atoms with Crippen LogP contribution in [-0.4, -0.2) is 22.2 Å². The van der Waals surface area contributed by atoms with E-state index in [0.29, 0.717) is 0 Å². The molecule has 0 aliphatic heterocycles. The van der Waals surface area contributed by atoms with Gasteiger partial charge < -0.3 is 0 Å². The van der Waals surface area contributed by atoms with Crippen LogP contribution in [0.1, 0.15) is 0 Å². The lowest BCUT2D eigenvalue weighted by molar-refractivity contribution is 1.11. The molecule has 0 bridgehead atoms. The van der Waals surface area contributed by atoms with Gasteiger partial charge in [0, 0.05) is 0 Å². The van der Waals surface area contributed by atoms with Gasteiger partial charge in [-0.15, -0.1) is 66.5 Å². The molecular formula is BCl8NSi2. The summed E-state index contributed by atoms with van der Waals surface area (Å²) < 4.78 is 0.943. The molecule has 0 radical (unpaired) electrons. The Morgan fingerprint density at radius 1 is 0.750 bits per heavy atom. The number of nitrogens with zero attached hydrogens (tertiary/aromatic N) is 1. The fourth-order valence-electron chi connectivity index (χ4n) is 0.365. The summed E-state index contributed by atoms with van der Waals surface area (Å²) in [5, 5.41) is 0. The molecule has 0 aromatic heterocycles. The third kappa shape index (κ3) is 5.03. The molecular weight excluding hydrogens is 365 g/mol. The van der Waals surface area contributed by atoms with Crippen molar-refractivity contribution < 1.29 is 0 Å². The Bertz CT molecular complexity index is 132. The maximum Gasteiger partial charge on any atom is 0.426 e. The van der Waals surface area contributed by atoms with Crippen molar-refractivity contribution in [2.45, 2.75) is 0 Å². The van der Waals surface area contributed by atoms with Crippen LogP contribution < -0.4 is 0 Å². The quantitative estimate of drug-likeness (QED) is 0.539. The van der Waals surface area contributed by atoms with Gasteiger partial charge in [-0.05, 0) is 0 Å². The van der Waals surface area contributed by atoms with E-state index in [4.69, 9.17) is 89.4 Å². The summed E-state index contributed by atoms with van der Waals surface area (Å²) in [4.78, 5) is 0. The van der Waals surface area contributed by atoms with E-state index in [2.05, 4.69) is 0 Å². The molecule has 1 nitrogen and oxygen atoms in total. The Kier molecular flexibility index (Phi) is 6.42. The van der Waals surface area contributed by atoms with Gasteiger partial charge in [-0.3, -0.25) is 4.14 Å². The second-order valence-corrected chi connectivity index (χ2v) is 19.2. The first-order valence-electron chi connectivity index (χ1n) is 2.28. The Hall–Kier alpha value is 2.78. The van der Waals surface area contributed by atoms with Gasteiger partial charge in [0.2, 0.25) is 0 Å². The van der Waals surface area contributed by atoms with E-state index in [1.165, 1.54) is 0 Å². The number of hydrogen-bond acceptors (Lipinski definition) is 1. The normalized spacial score (nSPS) is 13.8. The monoisotopic (exact) mass is 361 g/mol. The maximum absolute atomic E-state index is 5.59. The van der Waals surface area contributed by atoms with E-state index < -0.39 is 18.0 Å². The summed E-state index contributed by atoms with van der Waals surface area (Å²) >= 11 is 44.5. The van der Waals surface area contributed by atoms with Crippen molar-refractivity contribution >= 4 is 107 Å². The summed E-state index contributed by atoms with van der Waals surface area (Å²) in [6.07, 6.45) is -6.67. The van der Waals surface area contributed by atoms with Crippen LogP contribution in [0.5, 0.6) is 0 Å². The summed E-state index contributed by atoms with van der Waals surface area (Å²) in [5.41, 5.74) is -1.12. The molecule has 0 saturated carbocycles. The smallest absolute Gasteiger partial charge is 0.286 e. The highest BCUT2D eigenvalue weighted by molar-refractivity contribution is 7.76. The van der Waals surface area contributed by atoms with E-state index in [0.717, 1.165) is 4.14 Å². The molecule has 0 fully saturated rings. The maximum atomic E-state index is 5.59. The van der Waals surface area contributed by atoms with E-state index in [-0.39, 0.29) is 0 Å². The van der Waals surface area contributed by atoms with Crippen molar-refractivity contribution in [3.8, 4) is 0 Å².